The lowest BCUT2D eigenvalue weighted by atomic mass is 9.70. The average molecular weight is 462 g/mol. The molecule has 8 heteroatoms. The predicted octanol–water partition coefficient (Wildman–Crippen LogP) is 3.64. The van der Waals surface area contributed by atoms with Gasteiger partial charge in [-0.1, -0.05) is 6.92 Å². The second-order valence-electron chi connectivity index (χ2n) is 8.54. The van der Waals surface area contributed by atoms with Gasteiger partial charge in [-0.25, -0.2) is 4.79 Å². The summed E-state index contributed by atoms with van der Waals surface area (Å²) in [7, 11) is 1.29. The zero-order valence-corrected chi connectivity index (χ0v) is 20.3. The SMILES string of the molecule is COC(=O)[C@@H]1C(=O)C2=C(C[C@@H]1C)NC(C)=C(C(=O)OCCOC(C)C)[C@@H]2c1ccc(C)s1. The molecule has 0 spiro atoms. The van der Waals surface area contributed by atoms with E-state index in [4.69, 9.17) is 14.2 Å². The molecule has 0 amide bonds. The Kier molecular flexibility index (Phi) is 7.56. The molecule has 174 valence electrons. The first-order valence-corrected chi connectivity index (χ1v) is 11.6. The monoisotopic (exact) mass is 461 g/mol. The van der Waals surface area contributed by atoms with Crippen molar-refractivity contribution >= 4 is 29.1 Å². The molecule has 0 aromatic carbocycles. The van der Waals surface area contributed by atoms with Crippen LogP contribution in [-0.2, 0) is 28.6 Å². The van der Waals surface area contributed by atoms with E-state index in [0.717, 1.165) is 15.5 Å². The Morgan fingerprint density at radius 1 is 1.22 bits per heavy atom. The summed E-state index contributed by atoms with van der Waals surface area (Å²) >= 11 is 1.53. The highest BCUT2D eigenvalue weighted by Crippen LogP contribution is 2.46. The van der Waals surface area contributed by atoms with E-state index in [9.17, 15) is 14.4 Å². The Hall–Kier alpha value is -2.45. The number of carbonyl (C=O) groups excluding carboxylic acids is 3. The number of ketones is 1. The van der Waals surface area contributed by atoms with Crippen molar-refractivity contribution in [3.63, 3.8) is 0 Å². The summed E-state index contributed by atoms with van der Waals surface area (Å²) in [5.74, 6) is -3.02. The molecule has 3 rings (SSSR count). The van der Waals surface area contributed by atoms with E-state index >= 15 is 0 Å². The number of thiophene rings is 1. The quantitative estimate of drug-likeness (QED) is 0.377. The van der Waals surface area contributed by atoms with Crippen molar-refractivity contribution in [1.29, 1.82) is 0 Å². The number of rotatable bonds is 7. The molecular formula is C24H31NO6S. The van der Waals surface area contributed by atoms with E-state index < -0.39 is 23.8 Å². The van der Waals surface area contributed by atoms with E-state index in [-0.39, 0.29) is 24.4 Å². The summed E-state index contributed by atoms with van der Waals surface area (Å²) in [6.07, 6.45) is 0.557. The maximum atomic E-state index is 13.6. The minimum absolute atomic E-state index is 0.0395. The van der Waals surface area contributed by atoms with Crippen LogP contribution >= 0.6 is 11.3 Å². The van der Waals surface area contributed by atoms with Crippen LogP contribution < -0.4 is 5.32 Å². The molecule has 1 aromatic rings. The fraction of sp³-hybridized carbons (Fsp3) is 0.542. The Morgan fingerprint density at radius 3 is 2.53 bits per heavy atom. The normalized spacial score (nSPS) is 23.2. The lowest BCUT2D eigenvalue weighted by Gasteiger charge is -2.37. The minimum atomic E-state index is -0.890. The van der Waals surface area contributed by atoms with Crippen molar-refractivity contribution in [2.75, 3.05) is 20.3 Å². The zero-order valence-electron chi connectivity index (χ0n) is 19.4. The van der Waals surface area contributed by atoms with Crippen LogP contribution in [0.15, 0.2) is 34.7 Å². The summed E-state index contributed by atoms with van der Waals surface area (Å²) < 4.78 is 15.9. The number of carbonyl (C=O) groups is 3. The first kappa shape index (κ1) is 24.2. The van der Waals surface area contributed by atoms with Gasteiger partial charge in [-0.2, -0.15) is 0 Å². The Bertz CT molecular complexity index is 973. The van der Waals surface area contributed by atoms with Crippen molar-refractivity contribution < 1.29 is 28.6 Å². The van der Waals surface area contributed by atoms with E-state index in [1.165, 1.54) is 18.4 Å². The van der Waals surface area contributed by atoms with Crippen molar-refractivity contribution in [1.82, 2.24) is 5.32 Å². The number of aryl methyl sites for hydroxylation is 1. The lowest BCUT2D eigenvalue weighted by Crippen LogP contribution is -2.43. The Balaban J connectivity index is 2.00. The largest absolute Gasteiger partial charge is 0.468 e. The summed E-state index contributed by atoms with van der Waals surface area (Å²) in [6, 6.07) is 3.90. The van der Waals surface area contributed by atoms with Crippen molar-refractivity contribution in [2.45, 2.75) is 53.1 Å². The number of esters is 2. The third-order valence-electron chi connectivity index (χ3n) is 5.78. The molecule has 0 bridgehead atoms. The van der Waals surface area contributed by atoms with Crippen LogP contribution in [0.3, 0.4) is 0 Å². The minimum Gasteiger partial charge on any atom is -0.468 e. The van der Waals surface area contributed by atoms with Crippen LogP contribution in [0.5, 0.6) is 0 Å². The second-order valence-corrected chi connectivity index (χ2v) is 9.86. The van der Waals surface area contributed by atoms with Crippen LogP contribution in [0, 0.1) is 18.8 Å². The van der Waals surface area contributed by atoms with Crippen molar-refractivity contribution in [3.8, 4) is 0 Å². The molecule has 2 heterocycles. The van der Waals surface area contributed by atoms with Gasteiger partial charge in [0.2, 0.25) is 0 Å². The molecule has 1 aliphatic carbocycles. The highest BCUT2D eigenvalue weighted by Gasteiger charge is 2.47. The van der Waals surface area contributed by atoms with Gasteiger partial charge < -0.3 is 19.5 Å². The molecule has 0 saturated carbocycles. The van der Waals surface area contributed by atoms with Crippen LogP contribution in [0.2, 0.25) is 0 Å². The molecular weight excluding hydrogens is 430 g/mol. The third-order valence-corrected chi connectivity index (χ3v) is 6.84. The Morgan fingerprint density at radius 2 is 1.94 bits per heavy atom. The van der Waals surface area contributed by atoms with Crippen molar-refractivity contribution in [2.24, 2.45) is 11.8 Å². The van der Waals surface area contributed by atoms with Gasteiger partial charge in [0.25, 0.3) is 0 Å². The van der Waals surface area contributed by atoms with Gasteiger partial charge in [-0.15, -0.1) is 11.3 Å². The first-order chi connectivity index (χ1) is 15.1. The first-order valence-electron chi connectivity index (χ1n) is 10.8. The van der Waals surface area contributed by atoms with E-state index in [2.05, 4.69) is 5.32 Å². The van der Waals surface area contributed by atoms with Crippen LogP contribution in [0.4, 0.5) is 0 Å². The van der Waals surface area contributed by atoms with Crippen LogP contribution in [0.1, 0.15) is 49.8 Å². The number of allylic oxidation sites excluding steroid dienone is 3. The van der Waals surface area contributed by atoms with Gasteiger partial charge in [0.05, 0.1) is 31.3 Å². The van der Waals surface area contributed by atoms with Gasteiger partial charge in [0, 0.05) is 26.7 Å². The summed E-state index contributed by atoms with van der Waals surface area (Å²) in [4.78, 5) is 41.1. The molecule has 1 N–H and O–H groups in total. The molecule has 7 nitrogen and oxygen atoms in total. The molecule has 0 unspecified atom stereocenters. The number of nitrogens with one attached hydrogen (secondary N) is 1. The fourth-order valence-electron chi connectivity index (χ4n) is 4.34. The average Bonchev–Trinajstić information content (AvgIpc) is 3.15. The summed E-state index contributed by atoms with van der Waals surface area (Å²) in [6.45, 7) is 9.90. The predicted molar refractivity (Wildman–Crippen MR) is 121 cm³/mol. The van der Waals surface area contributed by atoms with Gasteiger partial charge in [0.1, 0.15) is 12.5 Å². The topological polar surface area (TPSA) is 90.9 Å². The van der Waals surface area contributed by atoms with Gasteiger partial charge in [-0.05, 0) is 52.2 Å². The van der Waals surface area contributed by atoms with E-state index in [0.29, 0.717) is 29.9 Å². The number of Topliss-reactive ketones (excluding diaryl/α,β-unsaturated/α-hetero) is 1. The van der Waals surface area contributed by atoms with Crippen LogP contribution in [0.25, 0.3) is 0 Å². The van der Waals surface area contributed by atoms with Crippen LogP contribution in [-0.4, -0.2) is 44.1 Å². The van der Waals surface area contributed by atoms with Gasteiger partial charge in [-0.3, -0.25) is 9.59 Å². The maximum Gasteiger partial charge on any atom is 0.336 e. The molecule has 32 heavy (non-hydrogen) atoms. The van der Waals surface area contributed by atoms with Crippen molar-refractivity contribution in [3.05, 3.63) is 44.4 Å². The maximum absolute atomic E-state index is 13.6. The highest BCUT2D eigenvalue weighted by molar-refractivity contribution is 7.12. The fourth-order valence-corrected chi connectivity index (χ4v) is 5.34. The molecule has 1 aromatic heterocycles. The standard InChI is InChI=1S/C24H31NO6S/c1-12(2)30-9-10-31-24(28)19-15(5)25-16-11-13(3)18(23(27)29-6)22(26)20(16)21(19)17-8-7-14(4)32-17/h7-8,12-13,18,21,25H,9-11H2,1-6H3/t13-,18-,21-/m0/s1. The number of hydrogen-bond acceptors (Lipinski definition) is 8. The number of dihydropyridines is 1. The molecule has 2 aliphatic rings. The number of methoxy groups -OCH3 is 1. The number of ether oxygens (including phenoxy) is 3. The number of hydrogen-bond donors (Lipinski definition) is 1. The smallest absolute Gasteiger partial charge is 0.336 e. The zero-order chi connectivity index (χ0) is 23.6. The second kappa shape index (κ2) is 10.0. The molecule has 3 atom stereocenters. The summed E-state index contributed by atoms with van der Waals surface area (Å²) in [5.41, 5.74) is 2.26. The van der Waals surface area contributed by atoms with E-state index in [1.807, 2.05) is 46.8 Å². The Labute approximate surface area is 192 Å². The molecule has 0 fully saturated rings. The third kappa shape index (κ3) is 4.81. The molecule has 0 radical (unpaired) electrons. The molecule has 0 saturated heterocycles. The molecule has 1 aliphatic heterocycles. The van der Waals surface area contributed by atoms with Gasteiger partial charge in [0.15, 0.2) is 5.78 Å². The lowest BCUT2D eigenvalue weighted by molar-refractivity contribution is -0.151. The summed E-state index contributed by atoms with van der Waals surface area (Å²) in [5, 5.41) is 3.26. The van der Waals surface area contributed by atoms with Gasteiger partial charge >= 0.3 is 11.9 Å². The highest BCUT2D eigenvalue weighted by atomic mass is 32.1. The van der Waals surface area contributed by atoms with E-state index in [1.54, 1.807) is 0 Å².